The van der Waals surface area contributed by atoms with Crippen molar-refractivity contribution in [3.05, 3.63) is 10.5 Å². The minimum absolute atomic E-state index is 0.169. The molecular formula is C11H17N5O2S. The van der Waals surface area contributed by atoms with Crippen LogP contribution in [0.1, 0.15) is 26.2 Å². The fourth-order valence-corrected chi connectivity index (χ4v) is 2.17. The Morgan fingerprint density at radius 2 is 2.42 bits per heavy atom. The van der Waals surface area contributed by atoms with Gasteiger partial charge < -0.3 is 5.32 Å². The molecule has 0 aromatic carbocycles. The second kappa shape index (κ2) is 8.37. The van der Waals surface area contributed by atoms with Gasteiger partial charge in [0, 0.05) is 13.1 Å². The highest BCUT2D eigenvalue weighted by atomic mass is 32.2. The van der Waals surface area contributed by atoms with Crippen LogP contribution < -0.4 is 11.0 Å². The predicted molar refractivity (Wildman–Crippen MR) is 71.7 cm³/mol. The number of aromatic nitrogens is 3. The monoisotopic (exact) mass is 283 g/mol. The van der Waals surface area contributed by atoms with Gasteiger partial charge in [0.25, 0.3) is 0 Å². The Bertz CT molecular complexity index is 502. The number of thioether (sulfide) groups is 1. The Kier molecular flexibility index (Phi) is 6.74. The van der Waals surface area contributed by atoms with Crippen LogP contribution in [0.2, 0.25) is 0 Å². The first-order valence-electron chi connectivity index (χ1n) is 6.10. The predicted octanol–water partition coefficient (Wildman–Crippen LogP) is 0.493. The molecule has 1 heterocycles. The van der Waals surface area contributed by atoms with E-state index in [1.165, 1.54) is 16.3 Å². The number of carbonyl (C=O) groups is 1. The Morgan fingerprint density at radius 1 is 1.63 bits per heavy atom. The third-order valence-corrected chi connectivity index (χ3v) is 3.33. The molecule has 0 fully saturated rings. The summed E-state index contributed by atoms with van der Waals surface area (Å²) in [4.78, 5) is 23.0. The van der Waals surface area contributed by atoms with Gasteiger partial charge in [-0.05, 0) is 6.42 Å². The van der Waals surface area contributed by atoms with Gasteiger partial charge in [-0.15, -0.1) is 5.10 Å². The number of hydrogen-bond donors (Lipinski definition) is 2. The van der Waals surface area contributed by atoms with E-state index in [9.17, 15) is 9.59 Å². The summed E-state index contributed by atoms with van der Waals surface area (Å²) >= 11 is 1.21. The summed E-state index contributed by atoms with van der Waals surface area (Å²) in [6.45, 7) is 2.99. The van der Waals surface area contributed by atoms with Gasteiger partial charge in [0.2, 0.25) is 5.91 Å². The molecule has 0 radical (unpaired) electrons. The van der Waals surface area contributed by atoms with Crippen molar-refractivity contribution in [3.8, 4) is 6.07 Å². The van der Waals surface area contributed by atoms with Gasteiger partial charge >= 0.3 is 5.69 Å². The molecule has 2 N–H and O–H groups in total. The van der Waals surface area contributed by atoms with E-state index in [0.717, 1.165) is 12.8 Å². The van der Waals surface area contributed by atoms with E-state index in [1.54, 1.807) is 0 Å². The molecule has 7 nitrogen and oxygen atoms in total. The van der Waals surface area contributed by atoms with Gasteiger partial charge in [-0.1, -0.05) is 25.1 Å². The van der Waals surface area contributed by atoms with Gasteiger partial charge in [-0.2, -0.15) is 5.26 Å². The number of carbonyl (C=O) groups excluding carboxylic acids is 1. The molecule has 1 amide bonds. The number of nitrogens with one attached hydrogen (secondary N) is 2. The second-order valence-corrected chi connectivity index (χ2v) is 4.81. The molecule has 0 spiro atoms. The maximum Gasteiger partial charge on any atom is 0.343 e. The number of hydrogen-bond acceptors (Lipinski definition) is 5. The SMILES string of the molecule is CCCCn1c(SCC(=O)NCCC#N)n[nH]c1=O. The van der Waals surface area contributed by atoms with E-state index in [4.69, 9.17) is 5.26 Å². The molecule has 0 saturated carbocycles. The topological polar surface area (TPSA) is 104 Å². The maximum atomic E-state index is 11.5. The average molecular weight is 283 g/mol. The molecule has 0 aliphatic heterocycles. The molecule has 8 heteroatoms. The fraction of sp³-hybridized carbons (Fsp3) is 0.636. The number of aromatic amines is 1. The van der Waals surface area contributed by atoms with E-state index in [-0.39, 0.29) is 17.3 Å². The first kappa shape index (κ1) is 15.3. The Morgan fingerprint density at radius 3 is 3.11 bits per heavy atom. The maximum absolute atomic E-state index is 11.5. The highest BCUT2D eigenvalue weighted by Gasteiger charge is 2.10. The molecule has 19 heavy (non-hydrogen) atoms. The van der Waals surface area contributed by atoms with Crippen LogP contribution in [-0.4, -0.2) is 33.0 Å². The standard InChI is InChI=1S/C11H17N5O2S/c1-2-3-7-16-10(18)14-15-11(16)19-8-9(17)13-6-4-5-12/h2-4,6-8H2,1H3,(H,13,17)(H,14,18). The van der Waals surface area contributed by atoms with Crippen molar-refractivity contribution in [3.63, 3.8) is 0 Å². The van der Waals surface area contributed by atoms with Gasteiger partial charge in [0.15, 0.2) is 5.16 Å². The number of amides is 1. The van der Waals surface area contributed by atoms with Crippen LogP contribution in [0.3, 0.4) is 0 Å². The van der Waals surface area contributed by atoms with Crippen LogP contribution in [0.5, 0.6) is 0 Å². The summed E-state index contributed by atoms with van der Waals surface area (Å²) in [5, 5.41) is 17.8. The van der Waals surface area contributed by atoms with Gasteiger partial charge in [-0.25, -0.2) is 9.89 Å². The van der Waals surface area contributed by atoms with Crippen molar-refractivity contribution in [2.75, 3.05) is 12.3 Å². The normalized spacial score (nSPS) is 10.1. The largest absolute Gasteiger partial charge is 0.354 e. The summed E-state index contributed by atoms with van der Waals surface area (Å²) in [5.41, 5.74) is -0.249. The van der Waals surface area contributed by atoms with Crippen LogP contribution in [0.15, 0.2) is 9.95 Å². The smallest absolute Gasteiger partial charge is 0.343 e. The van der Waals surface area contributed by atoms with Crippen molar-refractivity contribution in [2.45, 2.75) is 37.9 Å². The lowest BCUT2D eigenvalue weighted by molar-refractivity contribution is -0.118. The minimum Gasteiger partial charge on any atom is -0.354 e. The molecule has 0 bridgehead atoms. The van der Waals surface area contributed by atoms with Gasteiger partial charge in [0.05, 0.1) is 18.2 Å². The molecule has 1 rings (SSSR count). The minimum atomic E-state index is -0.249. The van der Waals surface area contributed by atoms with Gasteiger partial charge in [0.1, 0.15) is 0 Å². The molecule has 1 aromatic rings. The highest BCUT2D eigenvalue weighted by molar-refractivity contribution is 7.99. The molecule has 0 unspecified atom stereocenters. The highest BCUT2D eigenvalue weighted by Crippen LogP contribution is 2.13. The number of H-pyrrole nitrogens is 1. The van der Waals surface area contributed by atoms with E-state index < -0.39 is 0 Å². The summed E-state index contributed by atoms with van der Waals surface area (Å²) in [6, 6.07) is 1.95. The second-order valence-electron chi connectivity index (χ2n) is 3.86. The van der Waals surface area contributed by atoms with E-state index in [0.29, 0.717) is 24.7 Å². The Labute approximate surface area is 115 Å². The van der Waals surface area contributed by atoms with Crippen molar-refractivity contribution >= 4 is 17.7 Å². The van der Waals surface area contributed by atoms with Crippen molar-refractivity contribution in [2.24, 2.45) is 0 Å². The van der Waals surface area contributed by atoms with Crippen molar-refractivity contribution in [1.82, 2.24) is 20.1 Å². The van der Waals surface area contributed by atoms with Crippen molar-refractivity contribution < 1.29 is 4.79 Å². The molecule has 0 atom stereocenters. The number of unbranched alkanes of at least 4 members (excludes halogenated alkanes) is 1. The molecule has 104 valence electrons. The van der Waals surface area contributed by atoms with E-state index in [2.05, 4.69) is 15.5 Å². The molecule has 0 aliphatic carbocycles. The van der Waals surface area contributed by atoms with Crippen LogP contribution in [0, 0.1) is 11.3 Å². The molecule has 0 saturated heterocycles. The number of nitriles is 1. The third kappa shape index (κ3) is 5.18. The fourth-order valence-electron chi connectivity index (χ4n) is 1.37. The first-order chi connectivity index (χ1) is 9.19. The average Bonchev–Trinajstić information content (AvgIpc) is 2.75. The lowest BCUT2D eigenvalue weighted by atomic mass is 10.3. The lowest BCUT2D eigenvalue weighted by Crippen LogP contribution is -2.26. The summed E-state index contributed by atoms with van der Waals surface area (Å²) in [7, 11) is 0. The quantitative estimate of drug-likeness (QED) is 0.534. The van der Waals surface area contributed by atoms with Crippen LogP contribution >= 0.6 is 11.8 Å². The summed E-state index contributed by atoms with van der Waals surface area (Å²) in [6.07, 6.45) is 2.16. The van der Waals surface area contributed by atoms with Gasteiger partial charge in [-0.3, -0.25) is 9.36 Å². The zero-order valence-electron chi connectivity index (χ0n) is 10.8. The van der Waals surface area contributed by atoms with Crippen LogP contribution in [0.25, 0.3) is 0 Å². The lowest BCUT2D eigenvalue weighted by Gasteiger charge is -2.04. The van der Waals surface area contributed by atoms with E-state index in [1.807, 2.05) is 13.0 Å². The Hall–Kier alpha value is -1.75. The number of rotatable bonds is 8. The van der Waals surface area contributed by atoms with Crippen molar-refractivity contribution in [1.29, 1.82) is 5.26 Å². The van der Waals surface area contributed by atoms with Crippen LogP contribution in [-0.2, 0) is 11.3 Å². The first-order valence-corrected chi connectivity index (χ1v) is 7.09. The molecule has 0 aliphatic rings. The van der Waals surface area contributed by atoms with Crippen LogP contribution in [0.4, 0.5) is 0 Å². The number of nitrogens with zero attached hydrogens (tertiary/aromatic N) is 3. The zero-order chi connectivity index (χ0) is 14.1. The van der Waals surface area contributed by atoms with E-state index >= 15 is 0 Å². The summed E-state index contributed by atoms with van der Waals surface area (Å²) < 4.78 is 1.54. The zero-order valence-corrected chi connectivity index (χ0v) is 11.6. The molecule has 1 aromatic heterocycles. The summed E-state index contributed by atoms with van der Waals surface area (Å²) in [5.74, 6) is 0.0136. The third-order valence-electron chi connectivity index (χ3n) is 2.35. The molecular weight excluding hydrogens is 266 g/mol. The Balaban J connectivity index is 2.46.